The molecule has 2 atom stereocenters. The molecule has 0 radical (unpaired) electrons. The third kappa shape index (κ3) is 3.19. The number of halogens is 3. The lowest BCUT2D eigenvalue weighted by atomic mass is 10.1. The fraction of sp³-hybridized carbons (Fsp3) is 0.462. The lowest BCUT2D eigenvalue weighted by Crippen LogP contribution is -2.38. The van der Waals surface area contributed by atoms with Crippen LogP contribution in [0.15, 0.2) is 22.7 Å². The summed E-state index contributed by atoms with van der Waals surface area (Å²) in [7, 11) is 0. The van der Waals surface area contributed by atoms with Gasteiger partial charge in [-0.2, -0.15) is 0 Å². The summed E-state index contributed by atoms with van der Waals surface area (Å²) < 4.78 is 0.864. The summed E-state index contributed by atoms with van der Waals surface area (Å²) in [5.41, 5.74) is 0.514. The molecule has 0 spiro atoms. The molecule has 1 aliphatic rings. The van der Waals surface area contributed by atoms with Crippen LogP contribution < -0.4 is 5.32 Å². The van der Waals surface area contributed by atoms with Gasteiger partial charge in [0.05, 0.1) is 10.6 Å². The number of amides is 1. The van der Waals surface area contributed by atoms with Gasteiger partial charge in [-0.05, 0) is 37.0 Å². The topological polar surface area (TPSA) is 29.1 Å². The van der Waals surface area contributed by atoms with E-state index in [1.807, 2.05) is 6.07 Å². The highest BCUT2D eigenvalue weighted by atomic mass is 79.9. The standard InChI is InChI=1S/C13H14BrCl2NO/c14-9-4-5-10(11(16)6-9)13(18)17-12-3-1-2-8(12)7-15/h4-6,8,12H,1-3,7H2,(H,17,18). The number of hydrogen-bond acceptors (Lipinski definition) is 1. The maximum absolute atomic E-state index is 12.1. The lowest BCUT2D eigenvalue weighted by Gasteiger charge is -2.19. The molecule has 1 amide bonds. The molecule has 2 nitrogen and oxygen atoms in total. The van der Waals surface area contributed by atoms with Crippen molar-refractivity contribution in [3.63, 3.8) is 0 Å². The van der Waals surface area contributed by atoms with Crippen LogP contribution >= 0.6 is 39.1 Å². The number of alkyl halides is 1. The molecule has 1 saturated carbocycles. The highest BCUT2D eigenvalue weighted by Gasteiger charge is 2.28. The van der Waals surface area contributed by atoms with Crippen molar-refractivity contribution in [1.82, 2.24) is 5.32 Å². The van der Waals surface area contributed by atoms with Gasteiger partial charge in [-0.25, -0.2) is 0 Å². The Kier molecular flexibility index (Phi) is 4.93. The molecule has 18 heavy (non-hydrogen) atoms. The van der Waals surface area contributed by atoms with E-state index in [0.29, 0.717) is 22.4 Å². The Morgan fingerprint density at radius 1 is 1.44 bits per heavy atom. The zero-order valence-electron chi connectivity index (χ0n) is 9.76. The number of carbonyl (C=O) groups excluding carboxylic acids is 1. The van der Waals surface area contributed by atoms with E-state index in [2.05, 4.69) is 21.2 Å². The highest BCUT2D eigenvalue weighted by Crippen LogP contribution is 2.28. The van der Waals surface area contributed by atoms with Gasteiger partial charge in [-0.3, -0.25) is 4.79 Å². The molecule has 0 bridgehead atoms. The molecule has 1 N–H and O–H groups in total. The van der Waals surface area contributed by atoms with Crippen LogP contribution in [-0.4, -0.2) is 17.8 Å². The van der Waals surface area contributed by atoms with Crippen LogP contribution in [0, 0.1) is 5.92 Å². The van der Waals surface area contributed by atoms with Gasteiger partial charge in [0.15, 0.2) is 0 Å². The van der Waals surface area contributed by atoms with Crippen molar-refractivity contribution < 1.29 is 4.79 Å². The van der Waals surface area contributed by atoms with Gasteiger partial charge in [0.25, 0.3) is 5.91 Å². The van der Waals surface area contributed by atoms with Gasteiger partial charge in [-0.15, -0.1) is 11.6 Å². The van der Waals surface area contributed by atoms with Crippen molar-refractivity contribution >= 4 is 45.0 Å². The number of carbonyl (C=O) groups is 1. The van der Waals surface area contributed by atoms with E-state index in [4.69, 9.17) is 23.2 Å². The first-order chi connectivity index (χ1) is 8.61. The van der Waals surface area contributed by atoms with Crippen molar-refractivity contribution in [2.45, 2.75) is 25.3 Å². The third-order valence-corrected chi connectivity index (χ3v) is 4.55. The van der Waals surface area contributed by atoms with Crippen LogP contribution in [0.4, 0.5) is 0 Å². The minimum atomic E-state index is -0.116. The summed E-state index contributed by atoms with van der Waals surface area (Å²) >= 11 is 15.3. The Morgan fingerprint density at radius 3 is 2.89 bits per heavy atom. The monoisotopic (exact) mass is 349 g/mol. The van der Waals surface area contributed by atoms with E-state index in [0.717, 1.165) is 23.7 Å². The minimum absolute atomic E-state index is 0.116. The predicted molar refractivity (Wildman–Crippen MR) is 78.5 cm³/mol. The first-order valence-electron chi connectivity index (χ1n) is 5.93. The van der Waals surface area contributed by atoms with Crippen LogP contribution in [0.5, 0.6) is 0 Å². The fourth-order valence-electron chi connectivity index (χ4n) is 2.33. The van der Waals surface area contributed by atoms with E-state index >= 15 is 0 Å². The highest BCUT2D eigenvalue weighted by molar-refractivity contribution is 9.10. The summed E-state index contributed by atoms with van der Waals surface area (Å²) in [5.74, 6) is 0.860. The zero-order chi connectivity index (χ0) is 13.1. The SMILES string of the molecule is O=C(NC1CCCC1CCl)c1ccc(Br)cc1Cl. The van der Waals surface area contributed by atoms with Gasteiger partial charge in [0, 0.05) is 16.4 Å². The van der Waals surface area contributed by atoms with Gasteiger partial charge in [0.2, 0.25) is 0 Å². The first kappa shape index (κ1) is 14.2. The molecule has 2 unspecified atom stereocenters. The summed E-state index contributed by atoms with van der Waals surface area (Å²) in [4.78, 5) is 12.1. The second-order valence-corrected chi connectivity index (χ2v) is 6.18. The number of rotatable bonds is 3. The van der Waals surface area contributed by atoms with Crippen molar-refractivity contribution in [3.8, 4) is 0 Å². The molecule has 0 aliphatic heterocycles. The Hall–Kier alpha value is -0.250. The lowest BCUT2D eigenvalue weighted by molar-refractivity contribution is 0.0930. The third-order valence-electron chi connectivity index (χ3n) is 3.35. The van der Waals surface area contributed by atoms with E-state index in [1.165, 1.54) is 0 Å². The van der Waals surface area contributed by atoms with Gasteiger partial charge in [-0.1, -0.05) is 34.0 Å². The molecule has 1 aromatic carbocycles. The van der Waals surface area contributed by atoms with Crippen LogP contribution in [-0.2, 0) is 0 Å². The van der Waals surface area contributed by atoms with Crippen molar-refractivity contribution in [1.29, 1.82) is 0 Å². The summed E-state index contributed by atoms with van der Waals surface area (Å²) in [6.45, 7) is 0. The first-order valence-corrected chi connectivity index (χ1v) is 7.64. The predicted octanol–water partition coefficient (Wildman–Crippen LogP) is 4.24. The molecular weight excluding hydrogens is 337 g/mol. The number of benzene rings is 1. The van der Waals surface area contributed by atoms with Gasteiger partial charge >= 0.3 is 0 Å². The Bertz CT molecular complexity index is 453. The largest absolute Gasteiger partial charge is 0.349 e. The Morgan fingerprint density at radius 2 is 2.22 bits per heavy atom. The molecule has 0 heterocycles. The molecule has 5 heteroatoms. The molecule has 1 fully saturated rings. The Labute approximate surface area is 125 Å². The molecule has 98 valence electrons. The molecule has 1 aliphatic carbocycles. The van der Waals surface area contributed by atoms with Crippen molar-refractivity contribution in [2.75, 3.05) is 5.88 Å². The molecule has 2 rings (SSSR count). The average Bonchev–Trinajstić information content (AvgIpc) is 2.76. The second-order valence-electron chi connectivity index (χ2n) is 4.55. The van der Waals surface area contributed by atoms with Crippen LogP contribution in [0.3, 0.4) is 0 Å². The van der Waals surface area contributed by atoms with Crippen LogP contribution in [0.25, 0.3) is 0 Å². The quantitative estimate of drug-likeness (QED) is 0.811. The molecule has 1 aromatic rings. The number of hydrogen-bond donors (Lipinski definition) is 1. The smallest absolute Gasteiger partial charge is 0.253 e. The van der Waals surface area contributed by atoms with E-state index in [9.17, 15) is 4.79 Å². The van der Waals surface area contributed by atoms with E-state index in [-0.39, 0.29) is 11.9 Å². The molecule has 0 saturated heterocycles. The average molecular weight is 351 g/mol. The van der Waals surface area contributed by atoms with Gasteiger partial charge in [0.1, 0.15) is 0 Å². The summed E-state index contributed by atoms with van der Waals surface area (Å²) in [5, 5.41) is 3.49. The van der Waals surface area contributed by atoms with Crippen molar-refractivity contribution in [3.05, 3.63) is 33.3 Å². The van der Waals surface area contributed by atoms with E-state index < -0.39 is 0 Å². The maximum Gasteiger partial charge on any atom is 0.253 e. The van der Waals surface area contributed by atoms with Gasteiger partial charge < -0.3 is 5.32 Å². The molecular formula is C13H14BrCl2NO. The van der Waals surface area contributed by atoms with E-state index in [1.54, 1.807) is 12.1 Å². The maximum atomic E-state index is 12.1. The Balaban J connectivity index is 2.07. The summed E-state index contributed by atoms with van der Waals surface area (Å²) in [6.07, 6.45) is 3.20. The summed E-state index contributed by atoms with van der Waals surface area (Å²) in [6, 6.07) is 5.44. The zero-order valence-corrected chi connectivity index (χ0v) is 12.9. The minimum Gasteiger partial charge on any atom is -0.349 e. The molecule has 0 aromatic heterocycles. The van der Waals surface area contributed by atoms with Crippen LogP contribution in [0.2, 0.25) is 5.02 Å². The van der Waals surface area contributed by atoms with Crippen LogP contribution in [0.1, 0.15) is 29.6 Å². The van der Waals surface area contributed by atoms with Crippen molar-refractivity contribution in [2.24, 2.45) is 5.92 Å². The normalized spacial score (nSPS) is 23.1. The fourth-order valence-corrected chi connectivity index (χ4v) is 3.46. The number of nitrogens with one attached hydrogen (secondary N) is 1. The second kappa shape index (κ2) is 6.27.